The van der Waals surface area contributed by atoms with Crippen LogP contribution in [0.2, 0.25) is 0 Å². The van der Waals surface area contributed by atoms with Gasteiger partial charge in [-0.3, -0.25) is 9.00 Å². The highest BCUT2D eigenvalue weighted by Crippen LogP contribution is 2.15. The van der Waals surface area contributed by atoms with Gasteiger partial charge >= 0.3 is 0 Å². The van der Waals surface area contributed by atoms with Crippen LogP contribution in [-0.2, 0) is 23.1 Å². The minimum atomic E-state index is -1.37. The SMILES string of the molecule is CN(CCCNC(=O)c1ccc(C[S@](=O)c2ccc(F)cc2)o1)Cc1ccccc1. The molecular weight excluding hydrogens is 403 g/mol. The highest BCUT2D eigenvalue weighted by atomic mass is 32.2. The van der Waals surface area contributed by atoms with Crippen LogP contribution in [0.5, 0.6) is 0 Å². The van der Waals surface area contributed by atoms with Crippen LogP contribution in [0.1, 0.15) is 28.3 Å². The summed E-state index contributed by atoms with van der Waals surface area (Å²) in [6.07, 6.45) is 0.817. The van der Waals surface area contributed by atoms with Crippen LogP contribution in [0.15, 0.2) is 76.0 Å². The maximum atomic E-state index is 13.0. The molecule has 1 aromatic heterocycles. The Morgan fingerprint density at radius 2 is 1.80 bits per heavy atom. The minimum Gasteiger partial charge on any atom is -0.455 e. The van der Waals surface area contributed by atoms with E-state index in [9.17, 15) is 13.4 Å². The van der Waals surface area contributed by atoms with Crippen molar-refractivity contribution in [1.29, 1.82) is 0 Å². The second-order valence-corrected chi connectivity index (χ2v) is 8.49. The molecule has 0 aliphatic carbocycles. The van der Waals surface area contributed by atoms with Crippen LogP contribution in [0.25, 0.3) is 0 Å². The van der Waals surface area contributed by atoms with E-state index in [4.69, 9.17) is 4.42 Å². The fourth-order valence-corrected chi connectivity index (χ4v) is 4.01. The fourth-order valence-electron chi connectivity index (χ4n) is 2.99. The number of carbonyl (C=O) groups is 1. The zero-order chi connectivity index (χ0) is 21.3. The van der Waals surface area contributed by atoms with E-state index in [0.29, 0.717) is 17.2 Å². The van der Waals surface area contributed by atoms with E-state index in [2.05, 4.69) is 29.4 Å². The molecular formula is C23H25FN2O3S. The summed E-state index contributed by atoms with van der Waals surface area (Å²) < 4.78 is 30.8. The average molecular weight is 429 g/mol. The maximum Gasteiger partial charge on any atom is 0.286 e. The Hall–Kier alpha value is -2.77. The number of hydrogen-bond donors (Lipinski definition) is 1. The number of carbonyl (C=O) groups excluding carboxylic acids is 1. The first-order valence-electron chi connectivity index (χ1n) is 9.74. The predicted octanol–water partition coefficient (Wildman–Crippen LogP) is 3.98. The summed E-state index contributed by atoms with van der Waals surface area (Å²) in [5.41, 5.74) is 1.25. The number of nitrogens with zero attached hydrogens (tertiary/aromatic N) is 1. The van der Waals surface area contributed by atoms with E-state index in [1.54, 1.807) is 12.1 Å². The molecule has 0 aliphatic heterocycles. The zero-order valence-electron chi connectivity index (χ0n) is 16.8. The van der Waals surface area contributed by atoms with E-state index in [-0.39, 0.29) is 23.2 Å². The van der Waals surface area contributed by atoms with Gasteiger partial charge in [0.15, 0.2) is 5.76 Å². The van der Waals surface area contributed by atoms with Crippen molar-refractivity contribution in [3.05, 3.63) is 89.6 Å². The fraction of sp³-hybridized carbons (Fsp3) is 0.261. The molecule has 2 aromatic carbocycles. The summed E-state index contributed by atoms with van der Waals surface area (Å²) in [6, 6.07) is 19.0. The summed E-state index contributed by atoms with van der Waals surface area (Å²) in [6.45, 7) is 2.26. The Bertz CT molecular complexity index is 974. The lowest BCUT2D eigenvalue weighted by molar-refractivity contribution is 0.0922. The maximum absolute atomic E-state index is 13.0. The molecule has 0 fully saturated rings. The number of nitrogens with one attached hydrogen (secondary N) is 1. The summed E-state index contributed by atoms with van der Waals surface area (Å²) in [4.78, 5) is 15.0. The first kappa shape index (κ1) is 21.9. The van der Waals surface area contributed by atoms with Crippen LogP contribution in [-0.4, -0.2) is 35.2 Å². The molecule has 1 N–H and O–H groups in total. The van der Waals surface area contributed by atoms with Gasteiger partial charge in [0.25, 0.3) is 5.91 Å². The molecule has 0 spiro atoms. The molecule has 3 aromatic rings. The van der Waals surface area contributed by atoms with Gasteiger partial charge in [-0.25, -0.2) is 4.39 Å². The molecule has 0 bridgehead atoms. The van der Waals surface area contributed by atoms with Gasteiger partial charge < -0.3 is 14.6 Å². The van der Waals surface area contributed by atoms with Crippen molar-refractivity contribution >= 4 is 16.7 Å². The molecule has 3 rings (SSSR count). The number of amides is 1. The number of hydrogen-bond acceptors (Lipinski definition) is 4. The van der Waals surface area contributed by atoms with Crippen LogP contribution in [0.4, 0.5) is 4.39 Å². The molecule has 0 saturated carbocycles. The Morgan fingerprint density at radius 1 is 1.07 bits per heavy atom. The first-order valence-corrected chi connectivity index (χ1v) is 11.1. The van der Waals surface area contributed by atoms with Crippen molar-refractivity contribution in [3.63, 3.8) is 0 Å². The molecule has 0 saturated heterocycles. The number of furan rings is 1. The van der Waals surface area contributed by atoms with Crippen LogP contribution in [0.3, 0.4) is 0 Å². The van der Waals surface area contributed by atoms with Gasteiger partial charge in [-0.2, -0.15) is 0 Å². The third-order valence-corrected chi connectivity index (χ3v) is 5.88. The molecule has 0 radical (unpaired) electrons. The van der Waals surface area contributed by atoms with Crippen LogP contribution < -0.4 is 5.32 Å². The highest BCUT2D eigenvalue weighted by molar-refractivity contribution is 7.84. The van der Waals surface area contributed by atoms with Gasteiger partial charge in [-0.15, -0.1) is 0 Å². The molecule has 0 aliphatic rings. The second kappa shape index (κ2) is 10.8. The summed E-state index contributed by atoms with van der Waals surface area (Å²) in [7, 11) is 0.681. The third kappa shape index (κ3) is 6.64. The predicted molar refractivity (Wildman–Crippen MR) is 115 cm³/mol. The topological polar surface area (TPSA) is 62.6 Å². The Balaban J connectivity index is 1.40. The van der Waals surface area contributed by atoms with Crippen molar-refractivity contribution in [2.45, 2.75) is 23.6 Å². The van der Waals surface area contributed by atoms with E-state index < -0.39 is 10.8 Å². The summed E-state index contributed by atoms with van der Waals surface area (Å²) in [5.74, 6) is 0.103. The largest absolute Gasteiger partial charge is 0.455 e. The molecule has 158 valence electrons. The lowest BCUT2D eigenvalue weighted by atomic mass is 10.2. The zero-order valence-corrected chi connectivity index (χ0v) is 17.7. The van der Waals surface area contributed by atoms with Gasteiger partial charge in [-0.1, -0.05) is 30.3 Å². The summed E-state index contributed by atoms with van der Waals surface area (Å²) in [5, 5.41) is 2.85. The van der Waals surface area contributed by atoms with E-state index in [1.807, 2.05) is 18.2 Å². The van der Waals surface area contributed by atoms with Crippen molar-refractivity contribution in [3.8, 4) is 0 Å². The van der Waals surface area contributed by atoms with Gasteiger partial charge in [0, 0.05) is 18.0 Å². The van der Waals surface area contributed by atoms with Gasteiger partial charge in [0.2, 0.25) is 0 Å². The third-order valence-electron chi connectivity index (χ3n) is 4.53. The monoisotopic (exact) mass is 428 g/mol. The highest BCUT2D eigenvalue weighted by Gasteiger charge is 2.13. The van der Waals surface area contributed by atoms with Gasteiger partial charge in [0.05, 0.1) is 16.6 Å². The quantitative estimate of drug-likeness (QED) is 0.496. The Kier molecular flexibility index (Phi) is 7.93. The lowest BCUT2D eigenvalue weighted by Crippen LogP contribution is -2.27. The molecule has 30 heavy (non-hydrogen) atoms. The number of rotatable bonds is 10. The molecule has 1 heterocycles. The van der Waals surface area contributed by atoms with Crippen molar-refractivity contribution in [2.24, 2.45) is 0 Å². The molecule has 5 nitrogen and oxygen atoms in total. The first-order chi connectivity index (χ1) is 14.5. The summed E-state index contributed by atoms with van der Waals surface area (Å²) >= 11 is 0. The van der Waals surface area contributed by atoms with Gasteiger partial charge in [-0.05, 0) is 62.0 Å². The number of benzene rings is 2. The van der Waals surface area contributed by atoms with Crippen LogP contribution in [0, 0.1) is 5.82 Å². The average Bonchev–Trinajstić information content (AvgIpc) is 3.21. The standard InChI is InChI=1S/C23H25FN2O3S/c1-26(16-18-6-3-2-4-7-18)15-5-14-25-23(27)22-13-10-20(29-22)17-30(28)21-11-8-19(24)9-12-21/h2-4,6-13H,5,14-17H2,1H3,(H,25,27)/t30-/m0/s1. The van der Waals surface area contributed by atoms with Crippen molar-refractivity contribution in [2.75, 3.05) is 20.1 Å². The second-order valence-electron chi connectivity index (χ2n) is 7.04. The molecule has 1 atom stereocenters. The van der Waals surface area contributed by atoms with Crippen molar-refractivity contribution < 1.29 is 17.8 Å². The van der Waals surface area contributed by atoms with E-state index in [0.717, 1.165) is 19.5 Å². The normalized spacial score (nSPS) is 12.1. The Labute approximate surface area is 178 Å². The lowest BCUT2D eigenvalue weighted by Gasteiger charge is -2.16. The van der Waals surface area contributed by atoms with Crippen molar-refractivity contribution in [1.82, 2.24) is 10.2 Å². The number of halogens is 1. The van der Waals surface area contributed by atoms with E-state index in [1.165, 1.54) is 29.8 Å². The minimum absolute atomic E-state index is 0.128. The molecule has 7 heteroatoms. The molecule has 0 unspecified atom stereocenters. The Morgan fingerprint density at radius 3 is 2.53 bits per heavy atom. The van der Waals surface area contributed by atoms with E-state index >= 15 is 0 Å². The van der Waals surface area contributed by atoms with Crippen LogP contribution >= 0.6 is 0 Å². The smallest absolute Gasteiger partial charge is 0.286 e. The molecule has 1 amide bonds. The van der Waals surface area contributed by atoms with Gasteiger partial charge in [0.1, 0.15) is 11.6 Å².